The van der Waals surface area contributed by atoms with E-state index in [-0.39, 0.29) is 5.78 Å². The van der Waals surface area contributed by atoms with Gasteiger partial charge < -0.3 is 5.73 Å². The lowest BCUT2D eigenvalue weighted by atomic mass is 10.1. The molecule has 3 heteroatoms. The molecule has 1 unspecified atom stereocenters. The van der Waals surface area contributed by atoms with Crippen LogP contribution in [0.15, 0.2) is 36.4 Å². The molecule has 0 aliphatic carbocycles. The number of rotatable bonds is 4. The molecule has 1 aromatic carbocycles. The lowest BCUT2D eigenvalue weighted by Crippen LogP contribution is -2.32. The van der Waals surface area contributed by atoms with Gasteiger partial charge in [-0.15, -0.1) is 0 Å². The van der Waals surface area contributed by atoms with Crippen LogP contribution in [0.3, 0.4) is 0 Å². The zero-order valence-corrected chi connectivity index (χ0v) is 7.72. The molecule has 0 saturated carbocycles. The fourth-order valence-electron chi connectivity index (χ4n) is 0.948. The van der Waals surface area contributed by atoms with Crippen molar-refractivity contribution in [1.82, 2.24) is 0 Å². The Morgan fingerprint density at radius 2 is 2.00 bits per heavy atom. The molecule has 1 atom stereocenters. The highest BCUT2D eigenvalue weighted by Crippen LogP contribution is 2.01. The summed E-state index contributed by atoms with van der Waals surface area (Å²) in [6, 6.07) is 8.45. The molecule has 0 fully saturated rings. The van der Waals surface area contributed by atoms with Crippen molar-refractivity contribution in [2.24, 2.45) is 5.73 Å². The van der Waals surface area contributed by atoms with Crippen molar-refractivity contribution >= 4 is 11.9 Å². The van der Waals surface area contributed by atoms with Crippen LogP contribution in [-0.2, 0) is 9.90 Å². The topological polar surface area (TPSA) is 63.0 Å². The molecule has 0 amide bonds. The van der Waals surface area contributed by atoms with E-state index in [4.69, 9.17) is 5.73 Å². The maximum absolute atomic E-state index is 11.1. The second-order valence-electron chi connectivity index (χ2n) is 2.92. The maximum atomic E-state index is 11.1. The molecule has 0 spiro atoms. The normalized spacial score (nSPS) is 13.0. The van der Waals surface area contributed by atoms with E-state index in [2.05, 4.69) is 0 Å². The van der Waals surface area contributed by atoms with E-state index >= 15 is 0 Å². The Kier molecular flexibility index (Phi) is 4.04. The number of hydrogen-bond donors (Lipinski definition) is 1. The van der Waals surface area contributed by atoms with Gasteiger partial charge in [0.2, 0.25) is 0 Å². The molecule has 0 heterocycles. The zero-order chi connectivity index (χ0) is 10.4. The van der Waals surface area contributed by atoms with Crippen molar-refractivity contribution in [2.75, 3.05) is 6.61 Å². The summed E-state index contributed by atoms with van der Waals surface area (Å²) in [7, 11) is 0. The summed E-state index contributed by atoms with van der Waals surface area (Å²) >= 11 is 0. The van der Waals surface area contributed by atoms with Crippen molar-refractivity contribution in [3.05, 3.63) is 42.0 Å². The largest absolute Gasteiger partial charge is 0.319 e. The van der Waals surface area contributed by atoms with E-state index in [0.717, 1.165) is 5.56 Å². The molecule has 0 bridgehead atoms. The van der Waals surface area contributed by atoms with Crippen LogP contribution in [0.4, 0.5) is 0 Å². The predicted molar refractivity (Wildman–Crippen MR) is 54.0 cm³/mol. The Hall–Kier alpha value is -1.45. The van der Waals surface area contributed by atoms with Crippen molar-refractivity contribution in [1.29, 1.82) is 0 Å². The Balaban J connectivity index is 2.61. The Morgan fingerprint density at radius 3 is 2.57 bits per heavy atom. The van der Waals surface area contributed by atoms with Crippen molar-refractivity contribution in [2.45, 2.75) is 6.04 Å². The van der Waals surface area contributed by atoms with Crippen LogP contribution in [0, 0.1) is 0 Å². The average molecular weight is 190 g/mol. The molecule has 1 radical (unpaired) electrons. The Morgan fingerprint density at radius 1 is 1.36 bits per heavy atom. The van der Waals surface area contributed by atoms with Gasteiger partial charge in [0, 0.05) is 0 Å². The second kappa shape index (κ2) is 5.32. The summed E-state index contributed by atoms with van der Waals surface area (Å²) in [5, 5.41) is 10.3. The van der Waals surface area contributed by atoms with E-state index in [1.807, 2.05) is 30.3 Å². The highest BCUT2D eigenvalue weighted by Gasteiger charge is 2.08. The molecule has 3 nitrogen and oxygen atoms in total. The first-order valence-electron chi connectivity index (χ1n) is 4.34. The third kappa shape index (κ3) is 3.12. The van der Waals surface area contributed by atoms with Crippen LogP contribution in [0.2, 0.25) is 0 Å². The number of ketones is 1. The summed E-state index contributed by atoms with van der Waals surface area (Å²) in [6.45, 7) is -0.571. The maximum Gasteiger partial charge on any atom is 0.174 e. The second-order valence-corrected chi connectivity index (χ2v) is 2.92. The van der Waals surface area contributed by atoms with Gasteiger partial charge >= 0.3 is 0 Å². The van der Waals surface area contributed by atoms with Crippen LogP contribution in [0.5, 0.6) is 0 Å². The van der Waals surface area contributed by atoms with Gasteiger partial charge in [-0.25, -0.2) is 5.11 Å². The molecule has 0 aliphatic heterocycles. The monoisotopic (exact) mass is 190 g/mol. The Bertz CT molecular complexity index is 319. The van der Waals surface area contributed by atoms with Crippen LogP contribution >= 0.6 is 0 Å². The van der Waals surface area contributed by atoms with Gasteiger partial charge in [-0.05, 0) is 11.6 Å². The molecule has 73 valence electrons. The first kappa shape index (κ1) is 10.6. The van der Waals surface area contributed by atoms with Gasteiger partial charge in [0.25, 0.3) is 0 Å². The summed E-state index contributed by atoms with van der Waals surface area (Å²) in [4.78, 5) is 11.1. The minimum Gasteiger partial charge on any atom is -0.319 e. The first-order valence-corrected chi connectivity index (χ1v) is 4.34. The number of nitrogens with two attached hydrogens (primary N) is 1. The lowest BCUT2D eigenvalue weighted by molar-refractivity contribution is -0.116. The molecule has 1 aromatic rings. The van der Waals surface area contributed by atoms with Gasteiger partial charge in [-0.2, -0.15) is 0 Å². The van der Waals surface area contributed by atoms with E-state index in [9.17, 15) is 9.90 Å². The molecular formula is C11H12NO2. The summed E-state index contributed by atoms with van der Waals surface area (Å²) in [5.74, 6) is -0.330. The zero-order valence-electron chi connectivity index (χ0n) is 7.72. The van der Waals surface area contributed by atoms with Gasteiger partial charge in [0.1, 0.15) is 6.61 Å². The van der Waals surface area contributed by atoms with E-state index in [0.29, 0.717) is 0 Å². The third-order valence-electron chi connectivity index (χ3n) is 1.78. The molecule has 0 aromatic heterocycles. The van der Waals surface area contributed by atoms with Gasteiger partial charge in [-0.3, -0.25) is 4.79 Å². The van der Waals surface area contributed by atoms with Crippen LogP contribution < -0.4 is 5.73 Å². The van der Waals surface area contributed by atoms with E-state index in [1.165, 1.54) is 6.08 Å². The minimum atomic E-state index is -0.921. The SMILES string of the molecule is NC(C[O])C(=O)/C=C/c1ccccc1. The quantitative estimate of drug-likeness (QED) is 0.720. The highest BCUT2D eigenvalue weighted by molar-refractivity contribution is 5.97. The molecule has 2 N–H and O–H groups in total. The van der Waals surface area contributed by atoms with Gasteiger partial charge in [0.05, 0.1) is 6.04 Å². The van der Waals surface area contributed by atoms with Crippen LogP contribution in [0.25, 0.3) is 6.08 Å². The van der Waals surface area contributed by atoms with E-state index in [1.54, 1.807) is 6.08 Å². The number of carbonyl (C=O) groups is 1. The predicted octanol–water partition coefficient (Wildman–Crippen LogP) is 1.03. The smallest absolute Gasteiger partial charge is 0.174 e. The number of benzene rings is 1. The van der Waals surface area contributed by atoms with Crippen molar-refractivity contribution in [3.8, 4) is 0 Å². The minimum absolute atomic E-state index is 0.330. The van der Waals surface area contributed by atoms with Crippen LogP contribution in [-0.4, -0.2) is 18.4 Å². The standard InChI is InChI=1S/C11H12NO2/c12-10(8-13)11(14)7-6-9-4-2-1-3-5-9/h1-7,10H,8,12H2/b7-6+. The highest BCUT2D eigenvalue weighted by atomic mass is 16.3. The summed E-state index contributed by atoms with van der Waals surface area (Å²) in [6.07, 6.45) is 3.00. The molecule has 1 rings (SSSR count). The number of hydrogen-bond acceptors (Lipinski definition) is 2. The fraction of sp³-hybridized carbons (Fsp3) is 0.182. The summed E-state index contributed by atoms with van der Waals surface area (Å²) < 4.78 is 0. The van der Waals surface area contributed by atoms with E-state index < -0.39 is 12.6 Å². The number of carbonyl (C=O) groups excluding carboxylic acids is 1. The summed E-state index contributed by atoms with van der Waals surface area (Å²) in [5.41, 5.74) is 6.18. The molecular weight excluding hydrogens is 178 g/mol. The molecule has 14 heavy (non-hydrogen) atoms. The average Bonchev–Trinajstić information content (AvgIpc) is 2.26. The third-order valence-corrected chi connectivity index (χ3v) is 1.78. The van der Waals surface area contributed by atoms with Gasteiger partial charge in [0.15, 0.2) is 5.78 Å². The fourth-order valence-corrected chi connectivity index (χ4v) is 0.948. The van der Waals surface area contributed by atoms with Crippen LogP contribution in [0.1, 0.15) is 5.56 Å². The van der Waals surface area contributed by atoms with Crippen molar-refractivity contribution in [3.63, 3.8) is 0 Å². The van der Waals surface area contributed by atoms with Gasteiger partial charge in [-0.1, -0.05) is 36.4 Å². The Labute approximate surface area is 82.9 Å². The molecule has 0 saturated heterocycles. The van der Waals surface area contributed by atoms with Crippen molar-refractivity contribution < 1.29 is 9.90 Å². The lowest BCUT2D eigenvalue weighted by Gasteiger charge is -1.99. The molecule has 0 aliphatic rings. The first-order chi connectivity index (χ1) is 6.74.